The molecule has 1 aromatic carbocycles. The Morgan fingerprint density at radius 1 is 1.11 bits per heavy atom. The third-order valence-corrected chi connectivity index (χ3v) is 7.55. The maximum Gasteiger partial charge on any atom is 0.456 e. The summed E-state index contributed by atoms with van der Waals surface area (Å²) in [5.74, 6) is -0.617. The van der Waals surface area contributed by atoms with Gasteiger partial charge in [0.25, 0.3) is 5.78 Å². The molecule has 1 fully saturated rings. The van der Waals surface area contributed by atoms with Gasteiger partial charge >= 0.3 is 6.18 Å². The highest BCUT2D eigenvalue weighted by atomic mass is 19.4. The molecule has 0 radical (unpaired) electrons. The van der Waals surface area contributed by atoms with E-state index >= 15 is 0 Å². The highest BCUT2D eigenvalue weighted by Crippen LogP contribution is 2.43. The van der Waals surface area contributed by atoms with Crippen molar-refractivity contribution in [3.63, 3.8) is 0 Å². The zero-order chi connectivity index (χ0) is 26.1. The van der Waals surface area contributed by atoms with Gasteiger partial charge in [0, 0.05) is 31.9 Å². The number of ether oxygens (including phenoxy) is 2. The monoisotopic (exact) mass is 509 g/mol. The van der Waals surface area contributed by atoms with Crippen molar-refractivity contribution in [2.24, 2.45) is 0 Å². The van der Waals surface area contributed by atoms with Crippen molar-refractivity contribution in [2.75, 3.05) is 40.4 Å². The van der Waals surface area contributed by atoms with Crippen LogP contribution in [0.1, 0.15) is 60.6 Å². The molecule has 1 N–H and O–H groups in total. The fraction of sp³-hybridized carbons (Fsp3) is 0.577. The van der Waals surface area contributed by atoms with Gasteiger partial charge in [-0.3, -0.25) is 14.6 Å². The smallest absolute Gasteiger partial charge is 0.456 e. The fourth-order valence-electron chi connectivity index (χ4n) is 5.40. The summed E-state index contributed by atoms with van der Waals surface area (Å²) in [6.07, 6.45) is -2.62. The minimum absolute atomic E-state index is 0.304. The van der Waals surface area contributed by atoms with Gasteiger partial charge in [0.1, 0.15) is 6.23 Å². The van der Waals surface area contributed by atoms with Crippen LogP contribution in [0.2, 0.25) is 0 Å². The first-order chi connectivity index (χ1) is 17.1. The van der Waals surface area contributed by atoms with Crippen molar-refractivity contribution in [1.82, 2.24) is 14.4 Å². The average Bonchev–Trinajstić information content (AvgIpc) is 3.30. The number of unbranched alkanes of at least 4 members (excludes halogenated alkanes) is 1. The molecule has 1 atom stereocenters. The third kappa shape index (κ3) is 4.86. The number of ketones is 1. The predicted molar refractivity (Wildman–Crippen MR) is 128 cm³/mol. The van der Waals surface area contributed by atoms with E-state index in [1.165, 1.54) is 10.6 Å². The number of benzene rings is 1. The topological polar surface area (TPSA) is 67.2 Å². The SMILES string of the molecule is CCCCOc1cc(C(O)N2CCC3(CC2)c2ccc(C(=O)C(F)(F)F)n2CCN3C)ccc1OC. The van der Waals surface area contributed by atoms with E-state index in [1.54, 1.807) is 25.3 Å². The Kier molecular flexibility index (Phi) is 7.68. The van der Waals surface area contributed by atoms with Gasteiger partial charge in [0.15, 0.2) is 11.5 Å². The molecule has 2 aliphatic heterocycles. The number of likely N-dealkylation sites (N-methyl/N-ethyl adjacent to an activating group) is 1. The number of aliphatic hydroxyl groups excluding tert-OH is 1. The number of carbonyl (C=O) groups is 1. The Morgan fingerprint density at radius 2 is 1.83 bits per heavy atom. The fourth-order valence-corrected chi connectivity index (χ4v) is 5.40. The number of hydrogen-bond acceptors (Lipinski definition) is 6. The first-order valence-electron chi connectivity index (χ1n) is 12.4. The molecule has 0 bridgehead atoms. The highest BCUT2D eigenvalue weighted by molar-refractivity contribution is 5.99. The lowest BCUT2D eigenvalue weighted by Gasteiger charge is -2.51. The van der Waals surface area contributed by atoms with Crippen molar-refractivity contribution in [2.45, 2.75) is 57.1 Å². The number of carbonyl (C=O) groups excluding carboxylic acids is 1. The van der Waals surface area contributed by atoms with Crippen LogP contribution in [0, 0.1) is 0 Å². The van der Waals surface area contributed by atoms with E-state index in [0.29, 0.717) is 62.7 Å². The number of Topliss-reactive ketones (excluding diaryl/α,β-unsaturated/α-hetero) is 1. The van der Waals surface area contributed by atoms with Crippen molar-refractivity contribution in [3.05, 3.63) is 47.3 Å². The molecule has 0 saturated carbocycles. The van der Waals surface area contributed by atoms with Crippen LogP contribution in [0.15, 0.2) is 30.3 Å². The molecule has 198 valence electrons. The van der Waals surface area contributed by atoms with Crippen LogP contribution in [0.4, 0.5) is 13.2 Å². The number of likely N-dealkylation sites (tertiary alicyclic amines) is 1. The van der Waals surface area contributed by atoms with E-state index in [0.717, 1.165) is 18.5 Å². The van der Waals surface area contributed by atoms with Crippen LogP contribution in [-0.4, -0.2) is 71.8 Å². The summed E-state index contributed by atoms with van der Waals surface area (Å²) in [7, 11) is 3.55. The molecule has 2 aromatic rings. The Labute approximate surface area is 209 Å². The number of hydrogen-bond donors (Lipinski definition) is 1. The second kappa shape index (κ2) is 10.4. The van der Waals surface area contributed by atoms with Gasteiger partial charge in [-0.2, -0.15) is 13.2 Å². The summed E-state index contributed by atoms with van der Waals surface area (Å²) < 4.78 is 52.2. The average molecular weight is 510 g/mol. The number of piperidine rings is 1. The molecule has 1 aromatic heterocycles. The van der Waals surface area contributed by atoms with Crippen molar-refractivity contribution >= 4 is 5.78 Å². The molecule has 1 saturated heterocycles. The quantitative estimate of drug-likeness (QED) is 0.422. The molecule has 0 aliphatic carbocycles. The Morgan fingerprint density at radius 3 is 2.47 bits per heavy atom. The van der Waals surface area contributed by atoms with Crippen LogP contribution in [0.3, 0.4) is 0 Å². The summed E-state index contributed by atoms with van der Waals surface area (Å²) in [6.45, 7) is 4.59. The minimum Gasteiger partial charge on any atom is -0.493 e. The Bertz CT molecular complexity index is 1080. The lowest BCUT2D eigenvalue weighted by Crippen LogP contribution is -2.56. The molecule has 1 spiro atoms. The van der Waals surface area contributed by atoms with Crippen molar-refractivity contribution < 1.29 is 32.5 Å². The van der Waals surface area contributed by atoms with Crippen LogP contribution < -0.4 is 9.47 Å². The van der Waals surface area contributed by atoms with E-state index in [1.807, 2.05) is 18.0 Å². The molecule has 2 aliphatic rings. The molecular weight excluding hydrogens is 475 g/mol. The summed E-state index contributed by atoms with van der Waals surface area (Å²) in [5, 5.41) is 11.2. The molecule has 0 amide bonds. The zero-order valence-electron chi connectivity index (χ0n) is 21.0. The van der Waals surface area contributed by atoms with E-state index < -0.39 is 23.7 Å². The largest absolute Gasteiger partial charge is 0.493 e. The van der Waals surface area contributed by atoms with Gasteiger partial charge in [-0.1, -0.05) is 19.4 Å². The number of rotatable bonds is 8. The second-order valence-electron chi connectivity index (χ2n) is 9.56. The van der Waals surface area contributed by atoms with E-state index in [9.17, 15) is 23.1 Å². The zero-order valence-corrected chi connectivity index (χ0v) is 21.0. The number of fused-ring (bicyclic) bond motifs is 2. The number of methoxy groups -OCH3 is 1. The van der Waals surface area contributed by atoms with Crippen LogP contribution in [-0.2, 0) is 12.1 Å². The molecule has 1 unspecified atom stereocenters. The Hall–Kier alpha value is -2.56. The normalized spacial score (nSPS) is 19.2. The molecule has 7 nitrogen and oxygen atoms in total. The molecular formula is C26H34F3N3O4. The maximum absolute atomic E-state index is 13.1. The maximum atomic E-state index is 13.1. The van der Waals surface area contributed by atoms with Crippen LogP contribution in [0.5, 0.6) is 11.5 Å². The van der Waals surface area contributed by atoms with Gasteiger partial charge in [-0.15, -0.1) is 0 Å². The summed E-state index contributed by atoms with van der Waals surface area (Å²) >= 11 is 0. The predicted octanol–water partition coefficient (Wildman–Crippen LogP) is 4.35. The van der Waals surface area contributed by atoms with Gasteiger partial charge in [0.05, 0.1) is 24.9 Å². The molecule has 36 heavy (non-hydrogen) atoms. The lowest BCUT2D eigenvalue weighted by atomic mass is 9.81. The van der Waals surface area contributed by atoms with Gasteiger partial charge in [-0.05, 0) is 56.1 Å². The Balaban J connectivity index is 1.52. The number of aromatic nitrogens is 1. The first kappa shape index (κ1) is 26.5. The van der Waals surface area contributed by atoms with E-state index in [-0.39, 0.29) is 5.69 Å². The lowest BCUT2D eigenvalue weighted by molar-refractivity contribution is -0.0894. The summed E-state index contributed by atoms with van der Waals surface area (Å²) in [5.41, 5.74) is 0.624. The summed E-state index contributed by atoms with van der Waals surface area (Å²) in [4.78, 5) is 16.1. The first-order valence-corrected chi connectivity index (χ1v) is 12.4. The van der Waals surface area contributed by atoms with Crippen LogP contribution >= 0.6 is 0 Å². The van der Waals surface area contributed by atoms with Crippen molar-refractivity contribution in [3.8, 4) is 11.5 Å². The molecule has 10 heteroatoms. The van der Waals surface area contributed by atoms with Crippen molar-refractivity contribution in [1.29, 1.82) is 0 Å². The third-order valence-electron chi connectivity index (χ3n) is 7.55. The standard InChI is InChI=1S/C26H34F3N3O4/c1-4-5-16-36-21-17-18(6-8-20(21)35-3)24(34)31-12-10-25(11-13-31)22-9-7-19(23(33)26(27,28)29)32(22)15-14-30(25)2/h6-9,17,24,34H,4-5,10-16H2,1-3H3. The highest BCUT2D eigenvalue weighted by Gasteiger charge is 2.48. The number of nitrogens with zero attached hydrogens (tertiary/aromatic N) is 3. The molecule has 4 rings (SSSR count). The van der Waals surface area contributed by atoms with Crippen LogP contribution in [0.25, 0.3) is 0 Å². The van der Waals surface area contributed by atoms with Gasteiger partial charge < -0.3 is 19.1 Å². The number of aliphatic hydroxyl groups is 1. The molecule has 3 heterocycles. The van der Waals surface area contributed by atoms with Gasteiger partial charge in [0.2, 0.25) is 0 Å². The van der Waals surface area contributed by atoms with E-state index in [4.69, 9.17) is 9.47 Å². The number of alkyl halides is 3. The second-order valence-corrected chi connectivity index (χ2v) is 9.56. The van der Waals surface area contributed by atoms with Gasteiger partial charge in [-0.25, -0.2) is 0 Å². The van der Waals surface area contributed by atoms with E-state index in [2.05, 4.69) is 11.8 Å². The number of halogens is 3. The summed E-state index contributed by atoms with van der Waals surface area (Å²) in [6, 6.07) is 8.35. The minimum atomic E-state index is -4.91.